The van der Waals surface area contributed by atoms with Gasteiger partial charge in [-0.1, -0.05) is 55.8 Å². The van der Waals surface area contributed by atoms with E-state index < -0.39 is 0 Å². The summed E-state index contributed by atoms with van der Waals surface area (Å²) in [7, 11) is 0. The van der Waals surface area contributed by atoms with Gasteiger partial charge in [-0.2, -0.15) is 0 Å². The zero-order valence-electron chi connectivity index (χ0n) is 17.3. The van der Waals surface area contributed by atoms with Crippen LogP contribution in [0.1, 0.15) is 37.3 Å². The summed E-state index contributed by atoms with van der Waals surface area (Å²) in [6, 6.07) is 27.0. The van der Waals surface area contributed by atoms with Crippen LogP contribution in [0.5, 0.6) is 11.5 Å². The Bertz CT molecular complexity index is 814. The first-order valence-electron chi connectivity index (χ1n) is 10.6. The molecule has 0 atom stereocenters. The van der Waals surface area contributed by atoms with E-state index in [-0.39, 0.29) is 0 Å². The van der Waals surface area contributed by atoms with Crippen LogP contribution in [0.2, 0.25) is 0 Å². The second-order valence-electron chi connectivity index (χ2n) is 7.16. The third-order valence-electron chi connectivity index (χ3n) is 4.76. The molecule has 29 heavy (non-hydrogen) atoms. The van der Waals surface area contributed by atoms with Crippen LogP contribution in [0.15, 0.2) is 78.9 Å². The number of aryl methyl sites for hydroxylation is 1. The van der Waals surface area contributed by atoms with Gasteiger partial charge in [-0.15, -0.1) is 0 Å². The average molecular weight is 390 g/mol. The first-order chi connectivity index (χ1) is 14.3. The lowest BCUT2D eigenvalue weighted by Crippen LogP contribution is -2.01. The van der Waals surface area contributed by atoms with E-state index in [4.69, 9.17) is 9.47 Å². The monoisotopic (exact) mass is 389 g/mol. The highest BCUT2D eigenvalue weighted by molar-refractivity contribution is 5.47. The van der Waals surface area contributed by atoms with Crippen LogP contribution in [-0.2, 0) is 13.0 Å². The van der Waals surface area contributed by atoms with Gasteiger partial charge in [-0.05, 0) is 66.8 Å². The Kier molecular flexibility index (Phi) is 8.46. The minimum Gasteiger partial charge on any atom is -0.494 e. The molecule has 0 aromatic heterocycles. The van der Waals surface area contributed by atoms with Crippen LogP contribution in [0.4, 0.5) is 5.69 Å². The van der Waals surface area contributed by atoms with Gasteiger partial charge < -0.3 is 14.8 Å². The van der Waals surface area contributed by atoms with Crippen molar-refractivity contribution in [1.82, 2.24) is 0 Å². The fraction of sp³-hybridized carbons (Fsp3) is 0.308. The molecule has 0 saturated heterocycles. The largest absolute Gasteiger partial charge is 0.494 e. The van der Waals surface area contributed by atoms with Crippen molar-refractivity contribution in [3.63, 3.8) is 0 Å². The second kappa shape index (κ2) is 11.8. The maximum atomic E-state index is 5.86. The van der Waals surface area contributed by atoms with Crippen LogP contribution < -0.4 is 14.8 Å². The molecule has 0 spiro atoms. The Morgan fingerprint density at radius 1 is 0.655 bits per heavy atom. The molecule has 0 aliphatic rings. The van der Waals surface area contributed by atoms with E-state index in [9.17, 15) is 0 Å². The van der Waals surface area contributed by atoms with E-state index in [1.807, 2.05) is 30.3 Å². The number of rotatable bonds is 12. The SMILES string of the molecule is CCCCOc1ccc(CNc2ccc(OCCCc3ccccc3)cc2)cc1. The number of hydrogen-bond acceptors (Lipinski definition) is 3. The first kappa shape index (κ1) is 20.8. The zero-order valence-corrected chi connectivity index (χ0v) is 17.3. The number of nitrogens with one attached hydrogen (secondary N) is 1. The Labute approximate surface area is 174 Å². The predicted molar refractivity (Wildman–Crippen MR) is 121 cm³/mol. The lowest BCUT2D eigenvalue weighted by Gasteiger charge is -2.10. The minimum absolute atomic E-state index is 0.731. The summed E-state index contributed by atoms with van der Waals surface area (Å²) in [5, 5.41) is 3.45. The molecule has 0 heterocycles. The predicted octanol–water partition coefficient (Wildman–Crippen LogP) is 6.49. The van der Waals surface area contributed by atoms with Crippen molar-refractivity contribution >= 4 is 5.69 Å². The van der Waals surface area contributed by atoms with Gasteiger partial charge in [-0.3, -0.25) is 0 Å². The number of unbranched alkanes of at least 4 members (excludes halogenated alkanes) is 1. The zero-order chi connectivity index (χ0) is 20.2. The second-order valence-corrected chi connectivity index (χ2v) is 7.16. The molecule has 0 radical (unpaired) electrons. The molecule has 1 N–H and O–H groups in total. The van der Waals surface area contributed by atoms with Gasteiger partial charge in [-0.25, -0.2) is 0 Å². The summed E-state index contributed by atoms with van der Waals surface area (Å²) in [6.45, 7) is 4.47. The quantitative estimate of drug-likeness (QED) is 0.359. The number of anilines is 1. The van der Waals surface area contributed by atoms with Crippen molar-refractivity contribution in [3.8, 4) is 11.5 Å². The standard InChI is InChI=1S/C26H31NO2/c1-2-3-19-28-25-15-11-23(12-16-25)21-27-24-13-17-26(18-14-24)29-20-7-10-22-8-5-4-6-9-22/h4-6,8-9,11-18,27H,2-3,7,10,19-21H2,1H3. The van der Waals surface area contributed by atoms with Crippen molar-refractivity contribution in [2.24, 2.45) is 0 Å². The average Bonchev–Trinajstić information content (AvgIpc) is 2.78. The van der Waals surface area contributed by atoms with E-state index in [0.29, 0.717) is 0 Å². The topological polar surface area (TPSA) is 30.5 Å². The Morgan fingerprint density at radius 2 is 1.28 bits per heavy atom. The molecule has 0 bridgehead atoms. The van der Waals surface area contributed by atoms with Crippen molar-refractivity contribution in [2.45, 2.75) is 39.2 Å². The molecule has 0 fully saturated rings. The van der Waals surface area contributed by atoms with Crippen LogP contribution >= 0.6 is 0 Å². The van der Waals surface area contributed by atoms with Gasteiger partial charge in [0.2, 0.25) is 0 Å². The Morgan fingerprint density at radius 3 is 1.93 bits per heavy atom. The Hall–Kier alpha value is -2.94. The maximum Gasteiger partial charge on any atom is 0.119 e. The summed E-state index contributed by atoms with van der Waals surface area (Å²) in [5.41, 5.74) is 3.68. The van der Waals surface area contributed by atoms with Gasteiger partial charge >= 0.3 is 0 Å². The summed E-state index contributed by atoms with van der Waals surface area (Å²) in [4.78, 5) is 0. The number of benzene rings is 3. The molecule has 0 unspecified atom stereocenters. The summed E-state index contributed by atoms with van der Waals surface area (Å²) in [5.74, 6) is 1.85. The van der Waals surface area contributed by atoms with Crippen molar-refractivity contribution in [3.05, 3.63) is 90.0 Å². The lowest BCUT2D eigenvalue weighted by atomic mass is 10.1. The molecular weight excluding hydrogens is 358 g/mol. The van der Waals surface area contributed by atoms with Gasteiger partial charge in [0.15, 0.2) is 0 Å². The molecule has 3 heteroatoms. The smallest absolute Gasteiger partial charge is 0.119 e. The van der Waals surface area contributed by atoms with Gasteiger partial charge in [0.05, 0.1) is 13.2 Å². The fourth-order valence-electron chi connectivity index (χ4n) is 3.02. The fourth-order valence-corrected chi connectivity index (χ4v) is 3.02. The molecule has 0 amide bonds. The first-order valence-corrected chi connectivity index (χ1v) is 10.6. The number of ether oxygens (including phenoxy) is 2. The molecule has 152 valence electrons. The van der Waals surface area contributed by atoms with E-state index >= 15 is 0 Å². The minimum atomic E-state index is 0.731. The Balaban J connectivity index is 1.36. The molecular formula is C26H31NO2. The van der Waals surface area contributed by atoms with Crippen LogP contribution in [0.3, 0.4) is 0 Å². The summed E-state index contributed by atoms with van der Waals surface area (Å²) in [6.07, 6.45) is 4.31. The van der Waals surface area contributed by atoms with E-state index in [1.54, 1.807) is 0 Å². The summed E-state index contributed by atoms with van der Waals surface area (Å²) < 4.78 is 11.6. The van der Waals surface area contributed by atoms with Crippen LogP contribution in [-0.4, -0.2) is 13.2 Å². The molecule has 0 aliphatic carbocycles. The summed E-state index contributed by atoms with van der Waals surface area (Å²) >= 11 is 0. The maximum absolute atomic E-state index is 5.86. The molecule has 3 aromatic carbocycles. The van der Waals surface area contributed by atoms with Crippen molar-refractivity contribution < 1.29 is 9.47 Å². The van der Waals surface area contributed by atoms with Gasteiger partial charge in [0.1, 0.15) is 11.5 Å². The molecule has 3 aromatic rings. The van der Waals surface area contributed by atoms with Gasteiger partial charge in [0.25, 0.3) is 0 Å². The number of hydrogen-bond donors (Lipinski definition) is 1. The van der Waals surface area contributed by atoms with E-state index in [2.05, 4.69) is 60.8 Å². The van der Waals surface area contributed by atoms with Gasteiger partial charge in [0, 0.05) is 12.2 Å². The third-order valence-corrected chi connectivity index (χ3v) is 4.76. The van der Waals surface area contributed by atoms with Crippen LogP contribution in [0.25, 0.3) is 0 Å². The molecule has 3 nitrogen and oxygen atoms in total. The highest BCUT2D eigenvalue weighted by atomic mass is 16.5. The van der Waals surface area contributed by atoms with E-state index in [0.717, 1.165) is 62.6 Å². The highest BCUT2D eigenvalue weighted by Gasteiger charge is 1.99. The van der Waals surface area contributed by atoms with Crippen molar-refractivity contribution in [1.29, 1.82) is 0 Å². The highest BCUT2D eigenvalue weighted by Crippen LogP contribution is 2.18. The lowest BCUT2D eigenvalue weighted by molar-refractivity contribution is 0.309. The third kappa shape index (κ3) is 7.53. The van der Waals surface area contributed by atoms with E-state index in [1.165, 1.54) is 11.1 Å². The van der Waals surface area contributed by atoms with Crippen molar-refractivity contribution in [2.75, 3.05) is 18.5 Å². The molecule has 0 aliphatic heterocycles. The normalized spacial score (nSPS) is 10.5. The molecule has 3 rings (SSSR count). The van der Waals surface area contributed by atoms with Crippen LogP contribution in [0, 0.1) is 0 Å². The molecule has 0 saturated carbocycles.